The second kappa shape index (κ2) is 7.71. The first-order valence-corrected chi connectivity index (χ1v) is 7.53. The first-order valence-electron chi connectivity index (χ1n) is 6.33. The number of hydrazone groups is 1. The van der Waals surface area contributed by atoms with Gasteiger partial charge in [0.15, 0.2) is 0 Å². The van der Waals surface area contributed by atoms with Gasteiger partial charge in [-0.1, -0.05) is 29.8 Å². The van der Waals surface area contributed by atoms with Crippen LogP contribution >= 0.6 is 22.9 Å². The molecular formula is C13H13ClN4O3S. The van der Waals surface area contributed by atoms with Gasteiger partial charge in [-0.05, 0) is 13.0 Å². The number of hydrogen-bond acceptors (Lipinski definition) is 7. The van der Waals surface area contributed by atoms with Crippen LogP contribution in [0.25, 0.3) is 0 Å². The summed E-state index contributed by atoms with van der Waals surface area (Å²) in [5.74, 6) is 0. The van der Waals surface area contributed by atoms with Gasteiger partial charge in [-0.3, -0.25) is 5.43 Å². The molecule has 0 atom stereocenters. The molecule has 0 unspecified atom stereocenters. The van der Waals surface area contributed by atoms with Gasteiger partial charge in [0, 0.05) is 21.9 Å². The van der Waals surface area contributed by atoms with Crippen molar-refractivity contribution < 1.29 is 9.92 Å². The van der Waals surface area contributed by atoms with E-state index in [9.17, 15) is 10.1 Å². The fourth-order valence-corrected chi connectivity index (χ4v) is 2.74. The van der Waals surface area contributed by atoms with Crippen molar-refractivity contribution in [3.8, 4) is 0 Å². The van der Waals surface area contributed by atoms with E-state index in [-0.39, 0.29) is 6.61 Å². The highest BCUT2D eigenvalue weighted by Gasteiger charge is 2.08. The molecule has 0 fully saturated rings. The lowest BCUT2D eigenvalue weighted by Gasteiger charge is -1.97. The lowest BCUT2D eigenvalue weighted by molar-refractivity contribution is -0.757. The maximum atomic E-state index is 10.1. The Labute approximate surface area is 135 Å². The van der Waals surface area contributed by atoms with Gasteiger partial charge >= 0.3 is 0 Å². The molecule has 2 aromatic rings. The van der Waals surface area contributed by atoms with Gasteiger partial charge < -0.3 is 4.84 Å². The number of halogens is 1. The van der Waals surface area contributed by atoms with Gasteiger partial charge in [-0.15, -0.1) is 21.5 Å². The average molecular weight is 341 g/mol. The number of hydrogen-bond donors (Lipinski definition) is 1. The Kier molecular flexibility index (Phi) is 5.68. The Hall–Kier alpha value is -2.19. The Balaban J connectivity index is 1.93. The van der Waals surface area contributed by atoms with Crippen LogP contribution in [0.3, 0.4) is 0 Å². The van der Waals surface area contributed by atoms with E-state index in [1.54, 1.807) is 12.3 Å². The number of anilines is 1. The molecule has 1 heterocycles. The van der Waals surface area contributed by atoms with Crippen LogP contribution in [-0.4, -0.2) is 22.9 Å². The van der Waals surface area contributed by atoms with Crippen LogP contribution in [0.1, 0.15) is 16.1 Å². The minimum atomic E-state index is -0.802. The third-order valence-electron chi connectivity index (χ3n) is 2.69. The predicted molar refractivity (Wildman–Crippen MR) is 86.2 cm³/mol. The second-order valence-corrected chi connectivity index (χ2v) is 5.72. The smallest absolute Gasteiger partial charge is 0.294 e. The minimum absolute atomic E-state index is 0.0123. The van der Waals surface area contributed by atoms with Crippen molar-refractivity contribution in [1.82, 2.24) is 4.98 Å². The molecule has 1 aromatic heterocycles. The molecule has 1 N–H and O–H groups in total. The van der Waals surface area contributed by atoms with Crippen LogP contribution in [0, 0.1) is 17.0 Å². The number of nitrogens with zero attached hydrogens (tertiary/aromatic N) is 3. The fraction of sp³-hybridized carbons (Fsp3) is 0.231. The van der Waals surface area contributed by atoms with Crippen molar-refractivity contribution in [2.24, 2.45) is 5.10 Å². The Morgan fingerprint density at radius 3 is 3.05 bits per heavy atom. The highest BCUT2D eigenvalue weighted by Crippen LogP contribution is 2.23. The monoisotopic (exact) mass is 340 g/mol. The minimum Gasteiger partial charge on any atom is -0.314 e. The Bertz CT molecular complexity index is 690. The van der Waals surface area contributed by atoms with E-state index in [1.165, 1.54) is 11.3 Å². The van der Waals surface area contributed by atoms with Crippen molar-refractivity contribution in [2.45, 2.75) is 13.3 Å². The summed E-state index contributed by atoms with van der Waals surface area (Å²) >= 11 is 7.40. The van der Waals surface area contributed by atoms with E-state index < -0.39 is 5.09 Å². The molecule has 0 saturated heterocycles. The lowest BCUT2D eigenvalue weighted by Crippen LogP contribution is -2.04. The van der Waals surface area contributed by atoms with Crippen LogP contribution in [-0.2, 0) is 11.3 Å². The first kappa shape index (κ1) is 16.2. The third-order valence-corrected chi connectivity index (χ3v) is 4.15. The lowest BCUT2D eigenvalue weighted by atomic mass is 10.2. The quantitative estimate of drug-likeness (QED) is 0.474. The van der Waals surface area contributed by atoms with Crippen molar-refractivity contribution in [2.75, 3.05) is 12.0 Å². The number of aromatic nitrogens is 1. The zero-order valence-corrected chi connectivity index (χ0v) is 13.2. The summed E-state index contributed by atoms with van der Waals surface area (Å²) in [5, 5.41) is 14.6. The third kappa shape index (κ3) is 4.68. The zero-order valence-electron chi connectivity index (χ0n) is 11.7. The summed E-state index contributed by atoms with van der Waals surface area (Å²) in [7, 11) is 0. The van der Waals surface area contributed by atoms with E-state index in [2.05, 4.69) is 20.3 Å². The molecule has 0 aliphatic rings. The van der Waals surface area contributed by atoms with Crippen LogP contribution in [0.2, 0.25) is 5.02 Å². The van der Waals surface area contributed by atoms with E-state index >= 15 is 0 Å². The van der Waals surface area contributed by atoms with Gasteiger partial charge in [0.05, 0.1) is 11.9 Å². The van der Waals surface area contributed by atoms with Gasteiger partial charge in [0.1, 0.15) is 6.61 Å². The number of aryl methyl sites for hydroxylation is 1. The SMILES string of the molecule is Cc1nc(NN=Cc2ccccc2Cl)sc1CCO[N+](=O)[O-]. The topological polar surface area (TPSA) is 89.7 Å². The number of nitrogens with one attached hydrogen (secondary N) is 1. The molecule has 1 aromatic carbocycles. The van der Waals surface area contributed by atoms with E-state index in [1.807, 2.05) is 25.1 Å². The highest BCUT2D eigenvalue weighted by molar-refractivity contribution is 7.15. The van der Waals surface area contributed by atoms with Crippen LogP contribution in [0.15, 0.2) is 29.4 Å². The zero-order chi connectivity index (χ0) is 15.9. The molecule has 22 heavy (non-hydrogen) atoms. The molecule has 0 bridgehead atoms. The Morgan fingerprint density at radius 1 is 1.55 bits per heavy atom. The molecule has 0 aliphatic carbocycles. The van der Waals surface area contributed by atoms with E-state index in [0.29, 0.717) is 16.6 Å². The van der Waals surface area contributed by atoms with Crippen LogP contribution < -0.4 is 5.43 Å². The van der Waals surface area contributed by atoms with Crippen molar-refractivity contribution >= 4 is 34.3 Å². The largest absolute Gasteiger partial charge is 0.314 e. The average Bonchev–Trinajstić information content (AvgIpc) is 2.81. The van der Waals surface area contributed by atoms with Crippen molar-refractivity contribution in [3.63, 3.8) is 0 Å². The molecule has 0 aliphatic heterocycles. The molecule has 116 valence electrons. The number of thiazole rings is 1. The standard InChI is InChI=1S/C13H13ClN4O3S/c1-9-12(6-7-21-18(19)20)22-13(16-9)17-15-8-10-4-2-3-5-11(10)14/h2-5,8H,6-7H2,1H3,(H,16,17). The molecule has 2 rings (SSSR count). The van der Waals surface area contributed by atoms with Gasteiger partial charge in [0.25, 0.3) is 5.09 Å². The summed E-state index contributed by atoms with van der Waals surface area (Å²) in [4.78, 5) is 19.6. The fourth-order valence-electron chi connectivity index (χ4n) is 1.66. The summed E-state index contributed by atoms with van der Waals surface area (Å²) in [6.07, 6.45) is 2.04. The predicted octanol–water partition coefficient (Wildman–Crippen LogP) is 3.30. The Morgan fingerprint density at radius 2 is 2.32 bits per heavy atom. The molecule has 0 spiro atoms. The molecular weight excluding hydrogens is 328 g/mol. The second-order valence-electron chi connectivity index (χ2n) is 4.23. The molecule has 0 saturated carbocycles. The van der Waals surface area contributed by atoms with Crippen LogP contribution in [0.4, 0.5) is 5.13 Å². The van der Waals surface area contributed by atoms with Gasteiger partial charge in [-0.2, -0.15) is 5.10 Å². The van der Waals surface area contributed by atoms with Crippen molar-refractivity contribution in [1.29, 1.82) is 0 Å². The van der Waals surface area contributed by atoms with E-state index in [4.69, 9.17) is 11.6 Å². The maximum absolute atomic E-state index is 10.1. The summed E-state index contributed by atoms with van der Waals surface area (Å²) in [5.41, 5.74) is 4.42. The number of rotatable bonds is 7. The van der Waals surface area contributed by atoms with E-state index in [0.717, 1.165) is 16.1 Å². The normalized spacial score (nSPS) is 10.8. The number of benzene rings is 1. The van der Waals surface area contributed by atoms with Gasteiger partial charge in [0.2, 0.25) is 5.13 Å². The first-order chi connectivity index (χ1) is 10.6. The summed E-state index contributed by atoms with van der Waals surface area (Å²) in [6.45, 7) is 1.85. The van der Waals surface area contributed by atoms with Gasteiger partial charge in [-0.25, -0.2) is 4.98 Å². The van der Waals surface area contributed by atoms with Crippen LogP contribution in [0.5, 0.6) is 0 Å². The molecule has 7 nitrogen and oxygen atoms in total. The molecule has 0 radical (unpaired) electrons. The highest BCUT2D eigenvalue weighted by atomic mass is 35.5. The maximum Gasteiger partial charge on any atom is 0.294 e. The summed E-state index contributed by atoms with van der Waals surface area (Å²) in [6, 6.07) is 7.34. The van der Waals surface area contributed by atoms with Crippen molar-refractivity contribution in [3.05, 3.63) is 55.5 Å². The summed E-state index contributed by atoms with van der Waals surface area (Å²) < 4.78 is 0. The molecule has 9 heteroatoms. The molecule has 0 amide bonds.